The highest BCUT2D eigenvalue weighted by molar-refractivity contribution is 5.82. The summed E-state index contributed by atoms with van der Waals surface area (Å²) in [5.74, 6) is -3.64. The molecule has 2 heterocycles. The van der Waals surface area contributed by atoms with Crippen LogP contribution in [0.1, 0.15) is 38.5 Å². The zero-order valence-electron chi connectivity index (χ0n) is 15.4. The van der Waals surface area contributed by atoms with Crippen LogP contribution in [0.3, 0.4) is 0 Å². The molecule has 2 atom stereocenters. The van der Waals surface area contributed by atoms with Gasteiger partial charge in [0, 0.05) is 20.2 Å². The van der Waals surface area contributed by atoms with Crippen molar-refractivity contribution in [3.63, 3.8) is 0 Å². The Hall–Kier alpha value is -1.56. The third-order valence-electron chi connectivity index (χ3n) is 4.56. The number of methoxy groups -OCH3 is 1. The van der Waals surface area contributed by atoms with Crippen LogP contribution in [0, 0.1) is 0 Å². The summed E-state index contributed by atoms with van der Waals surface area (Å²) in [4.78, 5) is 23.3. The first-order chi connectivity index (χ1) is 12.9. The second kappa shape index (κ2) is 10.3. The van der Waals surface area contributed by atoms with Crippen LogP contribution in [-0.4, -0.2) is 78.1 Å². The van der Waals surface area contributed by atoms with E-state index in [2.05, 4.69) is 0 Å². The molecule has 0 bridgehead atoms. The van der Waals surface area contributed by atoms with E-state index in [1.54, 1.807) is 0 Å². The fourth-order valence-electron chi connectivity index (χ4n) is 3.16. The van der Waals surface area contributed by atoms with Gasteiger partial charge in [0.25, 0.3) is 0 Å². The van der Waals surface area contributed by atoms with E-state index < -0.39 is 43.0 Å². The van der Waals surface area contributed by atoms with Crippen LogP contribution in [0.5, 0.6) is 0 Å². The summed E-state index contributed by atoms with van der Waals surface area (Å²) in [6.45, 7) is -0.192. The monoisotopic (exact) mass is 422 g/mol. The summed E-state index contributed by atoms with van der Waals surface area (Å²) < 4.78 is 77.3. The molecule has 2 fully saturated rings. The molecule has 2 rings (SSSR count). The van der Waals surface area contributed by atoms with Gasteiger partial charge in [0.05, 0.1) is 12.6 Å². The summed E-state index contributed by atoms with van der Waals surface area (Å²) in [5.41, 5.74) is 0. The van der Waals surface area contributed by atoms with E-state index in [1.165, 1.54) is 7.11 Å². The van der Waals surface area contributed by atoms with Crippen LogP contribution in [-0.2, 0) is 14.3 Å². The van der Waals surface area contributed by atoms with Crippen molar-refractivity contribution in [3.8, 4) is 0 Å². The average molecular weight is 422 g/mol. The Balaban J connectivity index is 0.000000280. The Labute approximate surface area is 158 Å². The molecule has 1 N–H and O–H groups in total. The smallest absolute Gasteiger partial charge is 0.394 e. The Morgan fingerprint density at radius 2 is 1.36 bits per heavy atom. The number of carbonyl (C=O) groups is 2. The number of ether oxygens (including phenoxy) is 1. The Kier molecular flexibility index (Phi) is 8.99. The molecule has 2 amide bonds. The maximum atomic E-state index is 12.1. The molecule has 2 aliphatic rings. The molecule has 12 heteroatoms. The van der Waals surface area contributed by atoms with E-state index in [-0.39, 0.29) is 13.1 Å². The lowest BCUT2D eigenvalue weighted by Gasteiger charge is -2.34. The molecule has 0 aromatic heterocycles. The van der Waals surface area contributed by atoms with Crippen molar-refractivity contribution < 1.29 is 45.8 Å². The lowest BCUT2D eigenvalue weighted by molar-refractivity contribution is -0.198. The molecule has 0 aromatic rings. The average Bonchev–Trinajstić information content (AvgIpc) is 2.65. The van der Waals surface area contributed by atoms with Gasteiger partial charge in [-0.25, -0.2) is 0 Å². The van der Waals surface area contributed by atoms with E-state index in [4.69, 9.17) is 9.84 Å². The van der Waals surface area contributed by atoms with E-state index in [9.17, 15) is 35.9 Å². The first-order valence-corrected chi connectivity index (χ1v) is 8.82. The maximum absolute atomic E-state index is 12.1. The minimum Gasteiger partial charge on any atom is -0.394 e. The summed E-state index contributed by atoms with van der Waals surface area (Å²) in [5, 5.41) is 8.81. The fraction of sp³-hybridized carbons (Fsp3) is 0.875. The first kappa shape index (κ1) is 24.5. The Morgan fingerprint density at radius 1 is 0.893 bits per heavy atom. The predicted octanol–water partition coefficient (Wildman–Crippen LogP) is 2.46. The molecular formula is C16H24F6N2O4. The van der Waals surface area contributed by atoms with Crippen LogP contribution >= 0.6 is 0 Å². The van der Waals surface area contributed by atoms with Gasteiger partial charge in [-0.3, -0.25) is 9.59 Å². The molecule has 2 aliphatic heterocycles. The van der Waals surface area contributed by atoms with Gasteiger partial charge >= 0.3 is 24.2 Å². The van der Waals surface area contributed by atoms with Crippen LogP contribution in [0.2, 0.25) is 0 Å². The van der Waals surface area contributed by atoms with E-state index in [1.807, 2.05) is 0 Å². The van der Waals surface area contributed by atoms with Crippen LogP contribution in [0.25, 0.3) is 0 Å². The van der Waals surface area contributed by atoms with Crippen LogP contribution in [0.15, 0.2) is 0 Å². The SMILES string of the molecule is CO[C@H]1CCCCN1C(=O)C(F)(F)F.O=C(N1CCCC[C@@H]1CO)C(F)(F)F. The lowest BCUT2D eigenvalue weighted by Crippen LogP contribution is -2.50. The molecule has 2 saturated heterocycles. The molecule has 164 valence electrons. The molecule has 0 aromatic carbocycles. The standard InChI is InChI=1S/2C8H12F3NO2/c1-14-6-4-2-3-5-12(6)7(13)8(9,10)11;9-8(10,11)7(14)12-4-2-1-3-6(12)5-13/h6H,2-5H2,1H3;6,13H,1-5H2/t2*6-/m01/s1. The molecule has 0 unspecified atom stereocenters. The van der Waals surface area contributed by atoms with Crippen molar-refractivity contribution in [1.29, 1.82) is 0 Å². The molecule has 0 spiro atoms. The zero-order valence-corrected chi connectivity index (χ0v) is 15.4. The molecule has 0 aliphatic carbocycles. The molecule has 0 saturated carbocycles. The van der Waals surface area contributed by atoms with Gasteiger partial charge in [0.1, 0.15) is 6.23 Å². The zero-order chi connectivity index (χ0) is 21.5. The number of nitrogens with zero attached hydrogens (tertiary/aromatic N) is 2. The summed E-state index contributed by atoms with van der Waals surface area (Å²) in [6.07, 6.45) is -6.72. The van der Waals surface area contributed by atoms with Crippen molar-refractivity contribution in [2.45, 2.75) is 63.1 Å². The summed E-state index contributed by atoms with van der Waals surface area (Å²) >= 11 is 0. The quantitative estimate of drug-likeness (QED) is 0.695. The lowest BCUT2D eigenvalue weighted by atomic mass is 10.0. The number of halogens is 6. The highest BCUT2D eigenvalue weighted by Gasteiger charge is 2.46. The highest BCUT2D eigenvalue weighted by atomic mass is 19.4. The van der Waals surface area contributed by atoms with Crippen LogP contribution < -0.4 is 0 Å². The van der Waals surface area contributed by atoms with Gasteiger partial charge in [0.2, 0.25) is 0 Å². The number of piperidine rings is 2. The van der Waals surface area contributed by atoms with Gasteiger partial charge in [-0.2, -0.15) is 26.3 Å². The third-order valence-corrected chi connectivity index (χ3v) is 4.56. The maximum Gasteiger partial charge on any atom is 0.471 e. The van der Waals surface area contributed by atoms with Crippen molar-refractivity contribution in [3.05, 3.63) is 0 Å². The van der Waals surface area contributed by atoms with Gasteiger partial charge in [-0.1, -0.05) is 0 Å². The van der Waals surface area contributed by atoms with Gasteiger partial charge in [-0.15, -0.1) is 0 Å². The van der Waals surface area contributed by atoms with Crippen LogP contribution in [0.4, 0.5) is 26.3 Å². The number of aliphatic hydroxyl groups is 1. The second-order valence-corrected chi connectivity index (χ2v) is 6.51. The van der Waals surface area contributed by atoms with Crippen molar-refractivity contribution in [1.82, 2.24) is 9.80 Å². The van der Waals surface area contributed by atoms with Crippen molar-refractivity contribution in [2.75, 3.05) is 26.8 Å². The minimum atomic E-state index is -4.83. The topological polar surface area (TPSA) is 70.1 Å². The summed E-state index contributed by atoms with van der Waals surface area (Å²) in [6, 6.07) is -0.669. The van der Waals surface area contributed by atoms with Gasteiger partial charge < -0.3 is 19.6 Å². The number of likely N-dealkylation sites (tertiary alicyclic amines) is 2. The summed E-state index contributed by atoms with van der Waals surface area (Å²) in [7, 11) is 1.31. The Bertz CT molecular complexity index is 480. The molecular weight excluding hydrogens is 398 g/mol. The minimum absolute atomic E-state index is 0.0869. The Morgan fingerprint density at radius 3 is 1.82 bits per heavy atom. The fourth-order valence-corrected chi connectivity index (χ4v) is 3.16. The van der Waals surface area contributed by atoms with Gasteiger partial charge in [-0.05, 0) is 38.5 Å². The molecule has 28 heavy (non-hydrogen) atoms. The largest absolute Gasteiger partial charge is 0.471 e. The highest BCUT2D eigenvalue weighted by Crippen LogP contribution is 2.26. The molecule has 0 radical (unpaired) electrons. The number of carbonyl (C=O) groups excluding carboxylic acids is 2. The number of hydrogen-bond acceptors (Lipinski definition) is 4. The number of rotatable bonds is 2. The third kappa shape index (κ3) is 6.80. The van der Waals surface area contributed by atoms with Gasteiger partial charge in [0.15, 0.2) is 0 Å². The molecule has 6 nitrogen and oxygen atoms in total. The van der Waals surface area contributed by atoms with E-state index in [0.717, 1.165) is 22.6 Å². The first-order valence-electron chi connectivity index (χ1n) is 8.82. The number of hydrogen-bond donors (Lipinski definition) is 1. The van der Waals surface area contributed by atoms with E-state index >= 15 is 0 Å². The number of aliphatic hydroxyl groups excluding tert-OH is 1. The predicted molar refractivity (Wildman–Crippen MR) is 84.9 cm³/mol. The second-order valence-electron chi connectivity index (χ2n) is 6.51. The number of amides is 2. The normalized spacial score (nSPS) is 23.7. The van der Waals surface area contributed by atoms with E-state index in [0.29, 0.717) is 25.7 Å². The van der Waals surface area contributed by atoms with Crippen molar-refractivity contribution >= 4 is 11.8 Å². The number of alkyl halides is 6. The van der Waals surface area contributed by atoms with Crippen molar-refractivity contribution in [2.24, 2.45) is 0 Å².